The van der Waals surface area contributed by atoms with Gasteiger partial charge in [-0.05, 0) is 48.6 Å². The summed E-state index contributed by atoms with van der Waals surface area (Å²) in [7, 11) is 0. The van der Waals surface area contributed by atoms with Gasteiger partial charge in [0.1, 0.15) is 17.4 Å². The lowest BCUT2D eigenvalue weighted by Crippen LogP contribution is -2.59. The lowest BCUT2D eigenvalue weighted by atomic mass is 9.85. The van der Waals surface area contributed by atoms with E-state index in [1.165, 1.54) is 0 Å². The third-order valence-electron chi connectivity index (χ3n) is 8.06. The van der Waals surface area contributed by atoms with Crippen molar-refractivity contribution in [3.63, 3.8) is 0 Å². The Hall–Kier alpha value is -4.07. The Morgan fingerprint density at radius 3 is 2.26 bits per heavy atom. The third kappa shape index (κ3) is 4.04. The van der Waals surface area contributed by atoms with Crippen LogP contribution in [0.15, 0.2) is 54.6 Å². The molecule has 2 aliphatic rings. The largest absolute Gasteiger partial charge is 0.351 e. The van der Waals surface area contributed by atoms with E-state index in [1.807, 2.05) is 92.1 Å². The highest BCUT2D eigenvalue weighted by molar-refractivity contribution is 6.01. The molecule has 4 aromatic rings. The van der Waals surface area contributed by atoms with Gasteiger partial charge in [0.05, 0.1) is 12.1 Å². The highest BCUT2D eigenvalue weighted by Crippen LogP contribution is 2.34. The topological polar surface area (TPSA) is 101 Å². The Morgan fingerprint density at radius 2 is 1.58 bits per heavy atom. The van der Waals surface area contributed by atoms with E-state index in [0.717, 1.165) is 33.8 Å². The van der Waals surface area contributed by atoms with Crippen LogP contribution < -0.4 is 5.32 Å². The molecule has 0 saturated carbocycles. The highest BCUT2D eigenvalue weighted by atomic mass is 16.2. The molecule has 3 N–H and O–H groups in total. The number of carbonyl (C=O) groups is 3. The SMILES string of the molecule is Cc1cccc2[nH]c(C(=O)N3C[C@@H]4C[C@H]3CN4C(=O)[C@@H](NC(=O)c3cc4ccccc4[nH]3)C(C)(C)C)cc12. The van der Waals surface area contributed by atoms with Crippen molar-refractivity contribution in [2.24, 2.45) is 5.41 Å². The minimum absolute atomic E-state index is 0.0281. The number of nitrogens with zero attached hydrogens (tertiary/aromatic N) is 2. The van der Waals surface area contributed by atoms with Gasteiger partial charge in [-0.25, -0.2) is 0 Å². The molecule has 3 amide bonds. The second-order valence-electron chi connectivity index (χ2n) is 11.8. The molecule has 38 heavy (non-hydrogen) atoms. The van der Waals surface area contributed by atoms with E-state index < -0.39 is 11.5 Å². The Balaban J connectivity index is 1.17. The molecular weight excluding hydrogens is 478 g/mol. The summed E-state index contributed by atoms with van der Waals surface area (Å²) in [6, 6.07) is 16.6. The van der Waals surface area contributed by atoms with Crippen molar-refractivity contribution < 1.29 is 14.4 Å². The molecule has 0 aliphatic carbocycles. The van der Waals surface area contributed by atoms with E-state index in [1.54, 1.807) is 0 Å². The number of aryl methyl sites for hydroxylation is 1. The van der Waals surface area contributed by atoms with Crippen molar-refractivity contribution in [2.75, 3.05) is 13.1 Å². The summed E-state index contributed by atoms with van der Waals surface area (Å²) in [5, 5.41) is 5.00. The number of H-pyrrole nitrogens is 2. The summed E-state index contributed by atoms with van der Waals surface area (Å²) in [6.07, 6.45) is 0.754. The summed E-state index contributed by atoms with van der Waals surface area (Å²) in [5.41, 5.74) is 3.48. The quantitative estimate of drug-likeness (QED) is 0.382. The van der Waals surface area contributed by atoms with Gasteiger partial charge in [0.15, 0.2) is 0 Å². The average molecular weight is 512 g/mol. The van der Waals surface area contributed by atoms with Crippen molar-refractivity contribution in [1.82, 2.24) is 25.1 Å². The first-order chi connectivity index (χ1) is 18.1. The fourth-order valence-corrected chi connectivity index (χ4v) is 5.98. The number of fused-ring (bicyclic) bond motifs is 4. The number of likely N-dealkylation sites (tertiary alicyclic amines) is 2. The second-order valence-corrected chi connectivity index (χ2v) is 11.8. The van der Waals surface area contributed by atoms with Crippen LogP contribution in [0.3, 0.4) is 0 Å². The van der Waals surface area contributed by atoms with Crippen LogP contribution in [0.25, 0.3) is 21.8 Å². The van der Waals surface area contributed by atoms with Gasteiger partial charge in [0, 0.05) is 34.9 Å². The summed E-state index contributed by atoms with van der Waals surface area (Å²) in [5.74, 6) is -0.424. The number of hydrogen-bond acceptors (Lipinski definition) is 3. The zero-order valence-electron chi connectivity index (χ0n) is 22.2. The van der Waals surface area contributed by atoms with Crippen LogP contribution >= 0.6 is 0 Å². The fraction of sp³-hybridized carbons (Fsp3) is 0.367. The number of aromatic amines is 2. The van der Waals surface area contributed by atoms with E-state index in [9.17, 15) is 14.4 Å². The van der Waals surface area contributed by atoms with Crippen LogP contribution in [-0.2, 0) is 4.79 Å². The van der Waals surface area contributed by atoms with E-state index in [4.69, 9.17) is 0 Å². The number of amides is 3. The van der Waals surface area contributed by atoms with E-state index >= 15 is 0 Å². The maximum absolute atomic E-state index is 13.8. The number of piperazine rings is 1. The molecule has 4 heterocycles. The molecule has 3 atom stereocenters. The number of nitrogens with one attached hydrogen (secondary N) is 3. The molecule has 6 rings (SSSR count). The standard InChI is InChI=1S/C30H33N5O3/c1-17-8-7-11-23-21(17)14-25(32-23)28(37)34-15-20-13-19(34)16-35(20)29(38)26(30(2,3)4)33-27(36)24-12-18-9-5-6-10-22(18)31-24/h5-12,14,19-20,26,31-32H,13,15-16H2,1-4H3,(H,33,36)/t19-,20-,26+/m0/s1. The van der Waals surface area contributed by atoms with Crippen molar-refractivity contribution in [1.29, 1.82) is 0 Å². The summed E-state index contributed by atoms with van der Waals surface area (Å²) in [4.78, 5) is 50.6. The lowest BCUT2D eigenvalue weighted by Gasteiger charge is -2.39. The molecule has 0 radical (unpaired) electrons. The molecule has 8 heteroatoms. The maximum Gasteiger partial charge on any atom is 0.270 e. The molecule has 2 aliphatic heterocycles. The minimum Gasteiger partial charge on any atom is -0.351 e. The zero-order chi connectivity index (χ0) is 26.8. The van der Waals surface area contributed by atoms with Crippen molar-refractivity contribution >= 4 is 39.5 Å². The fourth-order valence-electron chi connectivity index (χ4n) is 5.98. The van der Waals surface area contributed by atoms with Crippen LogP contribution in [0.5, 0.6) is 0 Å². The smallest absolute Gasteiger partial charge is 0.270 e. The Labute approximate surface area is 221 Å². The first-order valence-electron chi connectivity index (χ1n) is 13.2. The third-order valence-corrected chi connectivity index (χ3v) is 8.06. The van der Waals surface area contributed by atoms with E-state index in [2.05, 4.69) is 15.3 Å². The number of para-hydroxylation sites is 1. The van der Waals surface area contributed by atoms with Crippen molar-refractivity contribution in [2.45, 2.75) is 52.2 Å². The normalized spacial score (nSPS) is 19.9. The molecule has 0 unspecified atom stereocenters. The van der Waals surface area contributed by atoms with Crippen molar-refractivity contribution in [3.8, 4) is 0 Å². The molecule has 2 bridgehead atoms. The monoisotopic (exact) mass is 511 g/mol. The predicted octanol–water partition coefficient (Wildman–Crippen LogP) is 4.23. The molecule has 0 spiro atoms. The van der Waals surface area contributed by atoms with Gasteiger partial charge in [0.25, 0.3) is 11.8 Å². The number of carbonyl (C=O) groups excluding carboxylic acids is 3. The van der Waals surface area contributed by atoms with Gasteiger partial charge in [-0.3, -0.25) is 14.4 Å². The van der Waals surface area contributed by atoms with Crippen molar-refractivity contribution in [3.05, 3.63) is 71.5 Å². The zero-order valence-corrected chi connectivity index (χ0v) is 22.2. The van der Waals surface area contributed by atoms with Crippen LogP contribution in [0, 0.1) is 12.3 Å². The average Bonchev–Trinajstić information content (AvgIpc) is 3.67. The van der Waals surface area contributed by atoms with Gasteiger partial charge >= 0.3 is 0 Å². The van der Waals surface area contributed by atoms with Crippen LogP contribution in [-0.4, -0.2) is 68.7 Å². The van der Waals surface area contributed by atoms with Gasteiger partial charge in [-0.2, -0.15) is 0 Å². The Morgan fingerprint density at radius 1 is 0.895 bits per heavy atom. The van der Waals surface area contributed by atoms with Crippen LogP contribution in [0.4, 0.5) is 0 Å². The number of benzene rings is 2. The summed E-state index contributed by atoms with van der Waals surface area (Å²) in [6.45, 7) is 8.89. The van der Waals surface area contributed by atoms with E-state index in [-0.39, 0.29) is 29.8 Å². The summed E-state index contributed by atoms with van der Waals surface area (Å²) < 4.78 is 0. The van der Waals surface area contributed by atoms with Gasteiger partial charge in [0.2, 0.25) is 5.91 Å². The van der Waals surface area contributed by atoms with E-state index in [0.29, 0.717) is 24.5 Å². The Kier molecular flexibility index (Phi) is 5.59. The first kappa shape index (κ1) is 24.3. The predicted molar refractivity (Wildman–Crippen MR) is 147 cm³/mol. The number of hydrogen-bond donors (Lipinski definition) is 3. The lowest BCUT2D eigenvalue weighted by molar-refractivity contribution is -0.138. The first-order valence-corrected chi connectivity index (χ1v) is 13.2. The summed E-state index contributed by atoms with van der Waals surface area (Å²) >= 11 is 0. The molecule has 2 aromatic carbocycles. The molecule has 196 valence electrons. The van der Waals surface area contributed by atoms with Crippen LogP contribution in [0.2, 0.25) is 0 Å². The van der Waals surface area contributed by atoms with Gasteiger partial charge < -0.3 is 25.1 Å². The van der Waals surface area contributed by atoms with Gasteiger partial charge in [-0.15, -0.1) is 0 Å². The molecule has 8 nitrogen and oxygen atoms in total. The molecule has 2 aromatic heterocycles. The minimum atomic E-state index is -0.693. The highest BCUT2D eigenvalue weighted by Gasteiger charge is 2.50. The number of rotatable bonds is 4. The van der Waals surface area contributed by atoms with Gasteiger partial charge in [-0.1, -0.05) is 51.1 Å². The maximum atomic E-state index is 13.8. The molecule has 2 fully saturated rings. The Bertz CT molecular complexity index is 1540. The van der Waals surface area contributed by atoms with Crippen LogP contribution in [0.1, 0.15) is 53.7 Å². The molecule has 2 saturated heterocycles. The molecular formula is C30H33N5O3. The second kappa shape index (κ2) is 8.75. The number of aromatic nitrogens is 2.